The van der Waals surface area contributed by atoms with Crippen molar-refractivity contribution in [2.45, 2.75) is 26.7 Å². The smallest absolute Gasteiger partial charge is 0.162 e. The summed E-state index contributed by atoms with van der Waals surface area (Å²) in [6.45, 7) is 6.12. The number of ketones is 1. The lowest BCUT2D eigenvalue weighted by molar-refractivity contribution is 0.0980. The van der Waals surface area contributed by atoms with Crippen molar-refractivity contribution in [3.63, 3.8) is 0 Å². The number of benzene rings is 2. The van der Waals surface area contributed by atoms with E-state index < -0.39 is 0 Å². The fourth-order valence-corrected chi connectivity index (χ4v) is 2.42. The largest absolute Gasteiger partial charge is 0.372 e. The van der Waals surface area contributed by atoms with Crippen molar-refractivity contribution >= 4 is 11.5 Å². The van der Waals surface area contributed by atoms with Crippen LogP contribution in [0.1, 0.15) is 35.7 Å². The molecule has 2 aromatic rings. The van der Waals surface area contributed by atoms with Gasteiger partial charge in [0.15, 0.2) is 5.78 Å². The molecule has 0 heterocycles. The molecule has 0 aliphatic carbocycles. The molecule has 0 aliphatic rings. The summed E-state index contributed by atoms with van der Waals surface area (Å²) in [5, 5.41) is 0. The number of rotatable bonds is 7. The Morgan fingerprint density at radius 3 is 2.29 bits per heavy atom. The maximum Gasteiger partial charge on any atom is 0.162 e. The van der Waals surface area contributed by atoms with Crippen molar-refractivity contribution in [2.24, 2.45) is 0 Å². The van der Waals surface area contributed by atoms with Gasteiger partial charge in [-0.3, -0.25) is 4.79 Å². The van der Waals surface area contributed by atoms with Crippen molar-refractivity contribution < 1.29 is 4.79 Å². The lowest BCUT2D eigenvalue weighted by Crippen LogP contribution is -2.24. The number of hydrogen-bond acceptors (Lipinski definition) is 2. The lowest BCUT2D eigenvalue weighted by atomic mass is 10.1. The zero-order valence-electron chi connectivity index (χ0n) is 12.9. The van der Waals surface area contributed by atoms with E-state index in [1.165, 1.54) is 11.3 Å². The summed E-state index contributed by atoms with van der Waals surface area (Å²) in [7, 11) is 0. The Morgan fingerprint density at radius 1 is 1.00 bits per heavy atom. The monoisotopic (exact) mass is 281 g/mol. The molecule has 2 nitrogen and oxygen atoms in total. The summed E-state index contributed by atoms with van der Waals surface area (Å²) in [4.78, 5) is 14.4. The Hall–Kier alpha value is -2.09. The minimum absolute atomic E-state index is 0.232. The molecule has 0 fully saturated rings. The van der Waals surface area contributed by atoms with Crippen molar-refractivity contribution in [1.29, 1.82) is 0 Å². The van der Waals surface area contributed by atoms with Crippen LogP contribution >= 0.6 is 0 Å². The van der Waals surface area contributed by atoms with Gasteiger partial charge in [-0.2, -0.15) is 0 Å². The van der Waals surface area contributed by atoms with Crippen LogP contribution < -0.4 is 4.90 Å². The summed E-state index contributed by atoms with van der Waals surface area (Å²) in [5.74, 6) is 0.232. The minimum Gasteiger partial charge on any atom is -0.372 e. The first kappa shape index (κ1) is 15.3. The first-order valence-electron chi connectivity index (χ1n) is 7.60. The summed E-state index contributed by atoms with van der Waals surface area (Å²) in [6, 6.07) is 18.1. The van der Waals surface area contributed by atoms with Gasteiger partial charge in [0.25, 0.3) is 0 Å². The number of carbonyl (C=O) groups is 1. The van der Waals surface area contributed by atoms with Gasteiger partial charge in [-0.05, 0) is 32.4 Å². The predicted octanol–water partition coefficient (Wildman–Crippen LogP) is 4.48. The summed E-state index contributed by atoms with van der Waals surface area (Å²) < 4.78 is 0. The Labute approximate surface area is 127 Å². The highest BCUT2D eigenvalue weighted by atomic mass is 16.1. The highest BCUT2D eigenvalue weighted by Crippen LogP contribution is 2.16. The van der Waals surface area contributed by atoms with Crippen LogP contribution in [0, 0.1) is 6.92 Å². The standard InChI is InChI=1S/C19H23NO/c1-3-20(18-13-11-16(2)12-14-18)15-7-10-19(21)17-8-5-4-6-9-17/h4-6,8-9,11-14H,3,7,10,15H2,1-2H3. The average Bonchev–Trinajstić information content (AvgIpc) is 2.53. The van der Waals surface area contributed by atoms with E-state index >= 15 is 0 Å². The van der Waals surface area contributed by atoms with Gasteiger partial charge in [-0.15, -0.1) is 0 Å². The number of nitrogens with zero attached hydrogens (tertiary/aromatic N) is 1. The van der Waals surface area contributed by atoms with E-state index in [2.05, 4.69) is 43.0 Å². The highest BCUT2D eigenvalue weighted by Gasteiger charge is 2.07. The third-order valence-corrected chi connectivity index (χ3v) is 3.71. The predicted molar refractivity (Wildman–Crippen MR) is 89.1 cm³/mol. The van der Waals surface area contributed by atoms with Crippen LogP contribution in [0.3, 0.4) is 0 Å². The molecule has 2 aromatic carbocycles. The van der Waals surface area contributed by atoms with Gasteiger partial charge in [0.1, 0.15) is 0 Å². The van der Waals surface area contributed by atoms with E-state index in [0.717, 1.165) is 25.1 Å². The molecule has 0 saturated heterocycles. The third kappa shape index (κ3) is 4.45. The van der Waals surface area contributed by atoms with E-state index in [1.807, 2.05) is 30.3 Å². The number of aryl methyl sites for hydroxylation is 1. The van der Waals surface area contributed by atoms with Crippen molar-refractivity contribution in [3.8, 4) is 0 Å². The Bertz CT molecular complexity index is 560. The molecule has 0 radical (unpaired) electrons. The number of Topliss-reactive ketones (excluding diaryl/α,β-unsaturated/α-hetero) is 1. The molecule has 2 rings (SSSR count). The maximum atomic E-state index is 12.1. The van der Waals surface area contributed by atoms with Crippen molar-refractivity contribution in [1.82, 2.24) is 0 Å². The fraction of sp³-hybridized carbons (Fsp3) is 0.316. The molecule has 2 heteroatoms. The molecular weight excluding hydrogens is 258 g/mol. The van der Waals surface area contributed by atoms with E-state index in [9.17, 15) is 4.79 Å². The van der Waals surface area contributed by atoms with Gasteiger partial charge < -0.3 is 4.90 Å². The third-order valence-electron chi connectivity index (χ3n) is 3.71. The number of anilines is 1. The molecular formula is C19H23NO. The van der Waals surface area contributed by atoms with Crippen LogP contribution in [-0.2, 0) is 0 Å². The normalized spacial score (nSPS) is 10.4. The molecule has 0 spiro atoms. The van der Waals surface area contributed by atoms with Crippen LogP contribution in [0.2, 0.25) is 0 Å². The first-order valence-corrected chi connectivity index (χ1v) is 7.60. The molecule has 0 atom stereocenters. The van der Waals surface area contributed by atoms with Crippen LogP contribution in [0.15, 0.2) is 54.6 Å². The van der Waals surface area contributed by atoms with E-state index in [-0.39, 0.29) is 5.78 Å². The molecule has 0 aromatic heterocycles. The molecule has 21 heavy (non-hydrogen) atoms. The van der Waals surface area contributed by atoms with Crippen LogP contribution in [-0.4, -0.2) is 18.9 Å². The second kappa shape index (κ2) is 7.63. The van der Waals surface area contributed by atoms with Crippen LogP contribution in [0.4, 0.5) is 5.69 Å². The highest BCUT2D eigenvalue weighted by molar-refractivity contribution is 5.95. The van der Waals surface area contributed by atoms with Gasteiger partial charge >= 0.3 is 0 Å². The van der Waals surface area contributed by atoms with Gasteiger partial charge in [-0.1, -0.05) is 48.0 Å². The van der Waals surface area contributed by atoms with Crippen LogP contribution in [0.5, 0.6) is 0 Å². The van der Waals surface area contributed by atoms with Gasteiger partial charge in [0.2, 0.25) is 0 Å². The summed E-state index contributed by atoms with van der Waals surface area (Å²) in [6.07, 6.45) is 1.49. The Kier molecular flexibility index (Phi) is 5.56. The topological polar surface area (TPSA) is 20.3 Å². The second-order valence-corrected chi connectivity index (χ2v) is 5.31. The average molecular weight is 281 g/mol. The molecule has 0 amide bonds. The van der Waals surface area contributed by atoms with Crippen molar-refractivity contribution in [3.05, 3.63) is 65.7 Å². The second-order valence-electron chi connectivity index (χ2n) is 5.31. The van der Waals surface area contributed by atoms with Gasteiger partial charge in [0.05, 0.1) is 0 Å². The van der Waals surface area contributed by atoms with E-state index in [1.54, 1.807) is 0 Å². The maximum absolute atomic E-state index is 12.1. The summed E-state index contributed by atoms with van der Waals surface area (Å²) in [5.41, 5.74) is 3.32. The SMILES string of the molecule is CCN(CCCC(=O)c1ccccc1)c1ccc(C)cc1. The number of hydrogen-bond donors (Lipinski definition) is 0. The fourth-order valence-electron chi connectivity index (χ4n) is 2.42. The molecule has 0 aliphatic heterocycles. The molecule has 0 bridgehead atoms. The minimum atomic E-state index is 0.232. The summed E-state index contributed by atoms with van der Waals surface area (Å²) >= 11 is 0. The van der Waals surface area contributed by atoms with Crippen LogP contribution in [0.25, 0.3) is 0 Å². The van der Waals surface area contributed by atoms with Gasteiger partial charge in [0, 0.05) is 30.8 Å². The van der Waals surface area contributed by atoms with Crippen molar-refractivity contribution in [2.75, 3.05) is 18.0 Å². The first-order chi connectivity index (χ1) is 10.2. The lowest BCUT2D eigenvalue weighted by Gasteiger charge is -2.23. The van der Waals surface area contributed by atoms with E-state index in [0.29, 0.717) is 6.42 Å². The quantitative estimate of drug-likeness (QED) is 0.697. The molecule has 0 saturated carbocycles. The van der Waals surface area contributed by atoms with Gasteiger partial charge in [-0.25, -0.2) is 0 Å². The molecule has 110 valence electrons. The van der Waals surface area contributed by atoms with E-state index in [4.69, 9.17) is 0 Å². The Morgan fingerprint density at radius 2 is 1.67 bits per heavy atom. The Balaban J connectivity index is 1.86. The zero-order valence-corrected chi connectivity index (χ0v) is 12.9. The molecule has 0 N–H and O–H groups in total. The zero-order chi connectivity index (χ0) is 15.1. The molecule has 0 unspecified atom stereocenters. The number of carbonyl (C=O) groups excluding carboxylic acids is 1.